The van der Waals surface area contributed by atoms with Gasteiger partial charge in [0.2, 0.25) is 0 Å². The van der Waals surface area contributed by atoms with Gasteiger partial charge < -0.3 is 29.5 Å². The van der Waals surface area contributed by atoms with Gasteiger partial charge in [-0.05, 0) is 31.7 Å². The average Bonchev–Trinajstić information content (AvgIpc) is 3.24. The van der Waals surface area contributed by atoms with Crippen LogP contribution in [-0.4, -0.2) is 94.8 Å². The van der Waals surface area contributed by atoms with Crippen molar-refractivity contribution in [1.82, 2.24) is 4.90 Å². The van der Waals surface area contributed by atoms with Crippen molar-refractivity contribution in [1.29, 1.82) is 0 Å². The third-order valence-electron chi connectivity index (χ3n) is 10.9. The van der Waals surface area contributed by atoms with Gasteiger partial charge >= 0.3 is 0 Å². The zero-order valence-electron chi connectivity index (χ0n) is 17.5. The van der Waals surface area contributed by atoms with Crippen molar-refractivity contribution in [2.45, 2.75) is 79.9 Å². The lowest BCUT2D eigenvalue weighted by atomic mass is 9.44. The van der Waals surface area contributed by atoms with Crippen LogP contribution in [0.4, 0.5) is 0 Å². The highest BCUT2D eigenvalue weighted by Gasteiger charge is 2.92. The van der Waals surface area contributed by atoms with E-state index in [-0.39, 0.29) is 53.4 Å². The summed E-state index contributed by atoms with van der Waals surface area (Å²) in [5.41, 5.74) is -3.73. The summed E-state index contributed by atoms with van der Waals surface area (Å²) in [7, 11) is 3.33. The van der Waals surface area contributed by atoms with Crippen LogP contribution in [0.15, 0.2) is 0 Å². The van der Waals surface area contributed by atoms with E-state index in [1.165, 1.54) is 0 Å². The van der Waals surface area contributed by atoms with Gasteiger partial charge in [-0.15, -0.1) is 0 Å². The Hall–Kier alpha value is -0.280. The van der Waals surface area contributed by atoms with Gasteiger partial charge in [0.1, 0.15) is 11.2 Å². The highest BCUT2D eigenvalue weighted by molar-refractivity contribution is 5.42. The first kappa shape index (κ1) is 18.3. The Kier molecular flexibility index (Phi) is 3.18. The van der Waals surface area contributed by atoms with E-state index in [2.05, 4.69) is 11.8 Å². The van der Waals surface area contributed by atoms with Gasteiger partial charge in [-0.2, -0.15) is 0 Å². The molecular formula is C22H33NO6. The molecule has 29 heavy (non-hydrogen) atoms. The second-order valence-corrected chi connectivity index (χ2v) is 11.1. The topological polar surface area (TPSA) is 91.6 Å². The number of hydrogen-bond acceptors (Lipinski definition) is 7. The second-order valence-electron chi connectivity index (χ2n) is 11.1. The number of rotatable bonds is 3. The minimum Gasteiger partial charge on any atom is -0.388 e. The molecule has 0 aromatic carbocycles. The molecule has 0 radical (unpaired) electrons. The molecule has 2 saturated heterocycles. The quantitative estimate of drug-likeness (QED) is 0.595. The van der Waals surface area contributed by atoms with Crippen molar-refractivity contribution in [3.8, 4) is 0 Å². The number of likely N-dealkylation sites (N-methyl/N-ethyl adjacent to an activating group) is 1. The van der Waals surface area contributed by atoms with E-state index < -0.39 is 22.9 Å². The molecule has 1 spiro atoms. The highest BCUT2D eigenvalue weighted by Crippen LogP contribution is 2.81. The Bertz CT molecular complexity index is 780. The van der Waals surface area contributed by atoms with Crippen LogP contribution >= 0.6 is 0 Å². The van der Waals surface area contributed by atoms with Crippen molar-refractivity contribution < 1.29 is 29.5 Å². The summed E-state index contributed by atoms with van der Waals surface area (Å²) in [6, 6.07) is 0.134. The minimum absolute atomic E-state index is 0.0270. The normalized spacial score (nSPS) is 68.7. The van der Waals surface area contributed by atoms with Crippen LogP contribution < -0.4 is 0 Å². The smallest absolute Gasteiger partial charge is 0.126 e. The van der Waals surface area contributed by atoms with E-state index in [4.69, 9.17) is 14.2 Å². The lowest BCUT2D eigenvalue weighted by Crippen LogP contribution is -2.82. The summed E-state index contributed by atoms with van der Waals surface area (Å²) in [5.74, 6) is -0.365. The number of aliphatic hydroxyl groups is 3. The molecule has 7 aliphatic rings. The van der Waals surface area contributed by atoms with E-state index in [1.807, 2.05) is 0 Å². The van der Waals surface area contributed by atoms with Gasteiger partial charge in [0.05, 0.1) is 30.0 Å². The second kappa shape index (κ2) is 5.03. The zero-order valence-corrected chi connectivity index (χ0v) is 17.5. The predicted molar refractivity (Wildman–Crippen MR) is 101 cm³/mol. The maximum atomic E-state index is 12.4. The minimum atomic E-state index is -1.36. The lowest BCUT2D eigenvalue weighted by molar-refractivity contribution is -0.327. The molecule has 5 saturated carbocycles. The van der Waals surface area contributed by atoms with Gasteiger partial charge in [0, 0.05) is 56.4 Å². The van der Waals surface area contributed by atoms with Crippen molar-refractivity contribution in [2.24, 2.45) is 29.1 Å². The van der Waals surface area contributed by atoms with Crippen molar-refractivity contribution in [3.63, 3.8) is 0 Å². The van der Waals surface area contributed by atoms with Gasteiger partial charge in [0.25, 0.3) is 0 Å². The number of likely N-dealkylation sites (tertiary alicyclic amines) is 1. The van der Waals surface area contributed by atoms with Crippen LogP contribution in [0.5, 0.6) is 0 Å². The number of β-amino-alcohol motifs (C(OH)–C–C–N with tert-alkyl or cyclic N) is 1. The molecule has 13 unspecified atom stereocenters. The van der Waals surface area contributed by atoms with Crippen LogP contribution in [0, 0.1) is 29.1 Å². The Morgan fingerprint density at radius 2 is 1.97 bits per heavy atom. The average molecular weight is 408 g/mol. The lowest BCUT2D eigenvalue weighted by Gasteiger charge is -2.68. The summed E-state index contributed by atoms with van der Waals surface area (Å²) in [6.45, 7) is 3.65. The van der Waals surface area contributed by atoms with Crippen molar-refractivity contribution in [2.75, 3.05) is 27.3 Å². The third-order valence-corrected chi connectivity index (χ3v) is 10.9. The van der Waals surface area contributed by atoms with Crippen LogP contribution in [-0.2, 0) is 14.2 Å². The fourth-order valence-corrected chi connectivity index (χ4v) is 10.5. The molecule has 3 N–H and O–H groups in total. The molecule has 13 atom stereocenters. The monoisotopic (exact) mass is 407 g/mol. The Balaban J connectivity index is 1.54. The molecule has 2 heterocycles. The predicted octanol–water partition coefficient (Wildman–Crippen LogP) is -0.239. The Labute approximate surface area is 171 Å². The molecule has 7 rings (SSSR count). The number of ether oxygens (including phenoxy) is 3. The number of fused-ring (bicyclic) bond motifs is 3. The van der Waals surface area contributed by atoms with Gasteiger partial charge in [-0.25, -0.2) is 0 Å². The molecule has 0 aromatic rings. The fourth-order valence-electron chi connectivity index (χ4n) is 10.5. The molecule has 162 valence electrons. The number of methoxy groups -OCH3 is 2. The fraction of sp³-hybridized carbons (Fsp3) is 1.00. The van der Waals surface area contributed by atoms with Crippen LogP contribution in [0.25, 0.3) is 0 Å². The standard InChI is InChI=1S/C22H33NO6/c1-4-23-9-19(24)6-5-13-21-12(19)7-10(17(21)23)20(25)8-11(27-2)14-15(29-13)16(21)22(20,26)18(14)28-3/h10-18,24-26H,4-9H2,1-3H3. The van der Waals surface area contributed by atoms with Crippen LogP contribution in [0.1, 0.15) is 32.6 Å². The first-order valence-corrected chi connectivity index (χ1v) is 11.4. The summed E-state index contributed by atoms with van der Waals surface area (Å²) in [5, 5.41) is 36.6. The highest BCUT2D eigenvalue weighted by atomic mass is 16.5. The number of hydrogen-bond donors (Lipinski definition) is 3. The largest absolute Gasteiger partial charge is 0.388 e. The van der Waals surface area contributed by atoms with Crippen LogP contribution in [0.2, 0.25) is 0 Å². The van der Waals surface area contributed by atoms with Crippen molar-refractivity contribution in [3.05, 3.63) is 0 Å². The number of nitrogens with zero attached hydrogens (tertiary/aromatic N) is 1. The van der Waals surface area contributed by atoms with E-state index in [9.17, 15) is 15.3 Å². The molecule has 0 amide bonds. The van der Waals surface area contributed by atoms with Crippen LogP contribution in [0.3, 0.4) is 0 Å². The van der Waals surface area contributed by atoms with Gasteiger partial charge in [0.15, 0.2) is 0 Å². The van der Waals surface area contributed by atoms with Gasteiger partial charge in [-0.3, -0.25) is 4.90 Å². The molecule has 0 aromatic heterocycles. The van der Waals surface area contributed by atoms with E-state index >= 15 is 0 Å². The molecular weight excluding hydrogens is 374 g/mol. The molecule has 7 heteroatoms. The maximum Gasteiger partial charge on any atom is 0.126 e. The first-order valence-electron chi connectivity index (χ1n) is 11.4. The first-order chi connectivity index (χ1) is 13.8. The van der Waals surface area contributed by atoms with Gasteiger partial charge in [-0.1, -0.05) is 6.92 Å². The van der Waals surface area contributed by atoms with E-state index in [0.29, 0.717) is 13.0 Å². The molecule has 7 bridgehead atoms. The molecule has 7 fully saturated rings. The molecule has 5 aliphatic carbocycles. The summed E-state index contributed by atoms with van der Waals surface area (Å²) in [6.07, 6.45) is 1.84. The zero-order chi connectivity index (χ0) is 20.1. The summed E-state index contributed by atoms with van der Waals surface area (Å²) >= 11 is 0. The Morgan fingerprint density at radius 3 is 2.66 bits per heavy atom. The SMILES string of the molecule is CCN1CC2(O)CCC3OC4C5C(OC)CC6(O)C7CC2C3(C71)C4C6(O)C5OC. The maximum absolute atomic E-state index is 12.4. The number of piperidine rings is 1. The summed E-state index contributed by atoms with van der Waals surface area (Å²) in [4.78, 5) is 2.40. The van der Waals surface area contributed by atoms with Crippen molar-refractivity contribution >= 4 is 0 Å². The molecule has 2 aliphatic heterocycles. The summed E-state index contributed by atoms with van der Waals surface area (Å²) < 4.78 is 18.6. The van der Waals surface area contributed by atoms with E-state index in [0.717, 1.165) is 25.8 Å². The third kappa shape index (κ3) is 1.50. The molecule has 7 nitrogen and oxygen atoms in total. The Morgan fingerprint density at radius 1 is 1.17 bits per heavy atom. The van der Waals surface area contributed by atoms with E-state index in [1.54, 1.807) is 14.2 Å².